The number of rotatable bonds is 8. The third-order valence-electron chi connectivity index (χ3n) is 3.85. The standard InChI is InChI=1S/C14H29NO/c1-4-6-12(2)11-16-10-9-13-7-5-8-14(13)15-3/h12-15H,4-11H2,1-3H3. The van der Waals surface area contributed by atoms with Crippen molar-refractivity contribution in [2.24, 2.45) is 11.8 Å². The van der Waals surface area contributed by atoms with Crippen molar-refractivity contribution in [2.75, 3.05) is 20.3 Å². The van der Waals surface area contributed by atoms with Gasteiger partial charge in [-0.2, -0.15) is 0 Å². The second-order valence-electron chi connectivity index (χ2n) is 5.34. The molecule has 0 aliphatic heterocycles. The fourth-order valence-corrected chi connectivity index (χ4v) is 2.86. The van der Waals surface area contributed by atoms with Crippen molar-refractivity contribution in [3.63, 3.8) is 0 Å². The molecular formula is C14H29NO. The van der Waals surface area contributed by atoms with Crippen molar-refractivity contribution >= 4 is 0 Å². The molecular weight excluding hydrogens is 198 g/mol. The van der Waals surface area contributed by atoms with Crippen LogP contribution in [0.3, 0.4) is 0 Å². The SMILES string of the molecule is CCCC(C)COCCC1CCCC1NC. The Morgan fingerprint density at radius 3 is 2.88 bits per heavy atom. The molecule has 1 aliphatic rings. The second-order valence-corrected chi connectivity index (χ2v) is 5.34. The predicted octanol–water partition coefficient (Wildman–Crippen LogP) is 3.22. The molecule has 0 spiro atoms. The highest BCUT2D eigenvalue weighted by Gasteiger charge is 2.25. The maximum atomic E-state index is 5.77. The molecule has 0 bridgehead atoms. The maximum absolute atomic E-state index is 5.77. The van der Waals surface area contributed by atoms with Crippen molar-refractivity contribution in [2.45, 2.75) is 58.4 Å². The summed E-state index contributed by atoms with van der Waals surface area (Å²) in [5, 5.41) is 3.43. The zero-order valence-electron chi connectivity index (χ0n) is 11.3. The lowest BCUT2D eigenvalue weighted by molar-refractivity contribution is 0.0886. The minimum absolute atomic E-state index is 0.730. The molecule has 0 aromatic heterocycles. The van der Waals surface area contributed by atoms with Gasteiger partial charge in [0, 0.05) is 19.3 Å². The van der Waals surface area contributed by atoms with Crippen LogP contribution in [0.1, 0.15) is 52.4 Å². The van der Waals surface area contributed by atoms with E-state index in [0.29, 0.717) is 0 Å². The van der Waals surface area contributed by atoms with E-state index in [9.17, 15) is 0 Å². The van der Waals surface area contributed by atoms with Crippen LogP contribution in [0.25, 0.3) is 0 Å². The first kappa shape index (κ1) is 14.0. The summed E-state index contributed by atoms with van der Waals surface area (Å²) in [7, 11) is 2.09. The van der Waals surface area contributed by atoms with Gasteiger partial charge in [-0.05, 0) is 44.6 Å². The average molecular weight is 227 g/mol. The van der Waals surface area contributed by atoms with Crippen LogP contribution in [0.5, 0.6) is 0 Å². The van der Waals surface area contributed by atoms with E-state index in [-0.39, 0.29) is 0 Å². The zero-order valence-corrected chi connectivity index (χ0v) is 11.3. The Labute approximate surface area is 101 Å². The van der Waals surface area contributed by atoms with Crippen molar-refractivity contribution < 1.29 is 4.74 Å². The summed E-state index contributed by atoms with van der Waals surface area (Å²) >= 11 is 0. The molecule has 0 radical (unpaired) electrons. The largest absolute Gasteiger partial charge is 0.381 e. The first-order valence-corrected chi connectivity index (χ1v) is 7.03. The van der Waals surface area contributed by atoms with Gasteiger partial charge in [-0.1, -0.05) is 26.7 Å². The van der Waals surface area contributed by atoms with Crippen molar-refractivity contribution in [3.05, 3.63) is 0 Å². The van der Waals surface area contributed by atoms with E-state index < -0.39 is 0 Å². The topological polar surface area (TPSA) is 21.3 Å². The fourth-order valence-electron chi connectivity index (χ4n) is 2.86. The lowest BCUT2D eigenvalue weighted by Crippen LogP contribution is -2.29. The van der Waals surface area contributed by atoms with Crippen LogP contribution in [0.4, 0.5) is 0 Å². The lowest BCUT2D eigenvalue weighted by atomic mass is 10.0. The minimum Gasteiger partial charge on any atom is -0.381 e. The Morgan fingerprint density at radius 1 is 1.38 bits per heavy atom. The van der Waals surface area contributed by atoms with Crippen LogP contribution in [-0.2, 0) is 4.74 Å². The smallest absolute Gasteiger partial charge is 0.0491 e. The van der Waals surface area contributed by atoms with Crippen molar-refractivity contribution in [3.8, 4) is 0 Å². The third kappa shape index (κ3) is 4.84. The van der Waals surface area contributed by atoms with Crippen molar-refractivity contribution in [1.29, 1.82) is 0 Å². The molecule has 3 unspecified atom stereocenters. The van der Waals surface area contributed by atoms with Crippen molar-refractivity contribution in [1.82, 2.24) is 5.32 Å². The van der Waals surface area contributed by atoms with E-state index in [1.54, 1.807) is 0 Å². The second kappa shape index (κ2) is 8.08. The molecule has 0 amide bonds. The van der Waals surface area contributed by atoms with Crippen LogP contribution in [0, 0.1) is 11.8 Å². The van der Waals surface area contributed by atoms with Crippen LogP contribution < -0.4 is 5.32 Å². The molecule has 2 nitrogen and oxygen atoms in total. The number of hydrogen-bond acceptors (Lipinski definition) is 2. The van der Waals surface area contributed by atoms with Gasteiger partial charge in [0.05, 0.1) is 0 Å². The van der Waals surface area contributed by atoms with Gasteiger partial charge in [0.25, 0.3) is 0 Å². The van der Waals surface area contributed by atoms with Gasteiger partial charge in [-0.25, -0.2) is 0 Å². The summed E-state index contributed by atoms with van der Waals surface area (Å²) < 4.78 is 5.77. The van der Waals surface area contributed by atoms with E-state index in [1.807, 2.05) is 0 Å². The molecule has 16 heavy (non-hydrogen) atoms. The molecule has 96 valence electrons. The predicted molar refractivity (Wildman–Crippen MR) is 69.7 cm³/mol. The summed E-state index contributed by atoms with van der Waals surface area (Å²) in [5.74, 6) is 1.58. The van der Waals surface area contributed by atoms with Gasteiger partial charge < -0.3 is 10.1 Å². The normalized spacial score (nSPS) is 27.2. The minimum atomic E-state index is 0.730. The molecule has 0 aromatic carbocycles. The van der Waals surface area contributed by atoms with E-state index in [4.69, 9.17) is 4.74 Å². The van der Waals surface area contributed by atoms with Crippen LogP contribution >= 0.6 is 0 Å². The molecule has 1 fully saturated rings. The summed E-state index contributed by atoms with van der Waals surface area (Å²) in [6.07, 6.45) is 7.94. The van der Waals surface area contributed by atoms with Gasteiger partial charge in [0.1, 0.15) is 0 Å². The Hall–Kier alpha value is -0.0800. The molecule has 2 heteroatoms. The summed E-state index contributed by atoms with van der Waals surface area (Å²) in [6.45, 7) is 6.43. The molecule has 0 saturated heterocycles. The summed E-state index contributed by atoms with van der Waals surface area (Å²) in [6, 6.07) is 0.747. The van der Waals surface area contributed by atoms with Crippen LogP contribution in [0.15, 0.2) is 0 Å². The zero-order chi connectivity index (χ0) is 11.8. The highest BCUT2D eigenvalue weighted by atomic mass is 16.5. The molecule has 1 aliphatic carbocycles. The molecule has 1 N–H and O–H groups in total. The van der Waals surface area contributed by atoms with E-state index in [0.717, 1.165) is 31.1 Å². The maximum Gasteiger partial charge on any atom is 0.0491 e. The molecule has 0 aromatic rings. The molecule has 1 saturated carbocycles. The number of hydrogen-bond donors (Lipinski definition) is 1. The monoisotopic (exact) mass is 227 g/mol. The van der Waals surface area contributed by atoms with Gasteiger partial charge in [0.2, 0.25) is 0 Å². The van der Waals surface area contributed by atoms with E-state index >= 15 is 0 Å². The average Bonchev–Trinajstić information content (AvgIpc) is 2.72. The summed E-state index contributed by atoms with van der Waals surface area (Å²) in [5.41, 5.74) is 0. The fraction of sp³-hybridized carbons (Fsp3) is 1.00. The van der Waals surface area contributed by atoms with Gasteiger partial charge >= 0.3 is 0 Å². The first-order valence-electron chi connectivity index (χ1n) is 7.03. The van der Waals surface area contributed by atoms with Gasteiger partial charge in [0.15, 0.2) is 0 Å². The van der Waals surface area contributed by atoms with Crippen LogP contribution in [-0.4, -0.2) is 26.3 Å². The molecule has 1 rings (SSSR count). The van der Waals surface area contributed by atoms with E-state index in [1.165, 1.54) is 38.5 Å². The Kier molecular flexibility index (Phi) is 7.06. The molecule has 3 atom stereocenters. The highest BCUT2D eigenvalue weighted by molar-refractivity contribution is 4.81. The van der Waals surface area contributed by atoms with Gasteiger partial charge in [-0.3, -0.25) is 0 Å². The lowest BCUT2D eigenvalue weighted by Gasteiger charge is -2.19. The summed E-state index contributed by atoms with van der Waals surface area (Å²) in [4.78, 5) is 0. The Bertz CT molecular complexity index is 172. The molecule has 0 heterocycles. The number of nitrogens with one attached hydrogen (secondary N) is 1. The number of ether oxygens (including phenoxy) is 1. The Morgan fingerprint density at radius 2 is 2.19 bits per heavy atom. The van der Waals surface area contributed by atoms with E-state index in [2.05, 4.69) is 26.2 Å². The van der Waals surface area contributed by atoms with Gasteiger partial charge in [-0.15, -0.1) is 0 Å². The highest BCUT2D eigenvalue weighted by Crippen LogP contribution is 2.28. The Balaban J connectivity index is 2.02. The third-order valence-corrected chi connectivity index (χ3v) is 3.85. The first-order chi connectivity index (χ1) is 7.77. The quantitative estimate of drug-likeness (QED) is 0.643. The van der Waals surface area contributed by atoms with Crippen LogP contribution in [0.2, 0.25) is 0 Å².